The summed E-state index contributed by atoms with van der Waals surface area (Å²) in [7, 11) is 0. The third-order valence-electron chi connectivity index (χ3n) is 6.43. The van der Waals surface area contributed by atoms with Crippen LogP contribution in [-0.4, -0.2) is 11.4 Å². The first kappa shape index (κ1) is 26.6. The largest absolute Gasteiger partial charge is 0.305 e. The maximum atomic E-state index is 8.26. The van der Waals surface area contributed by atoms with Gasteiger partial charge in [-0.1, -0.05) is 100.0 Å². The highest BCUT2D eigenvalue weighted by atomic mass is 14.4. The van der Waals surface area contributed by atoms with Crippen molar-refractivity contribution in [2.45, 2.75) is 73.1 Å². The molecule has 0 amide bonds. The highest BCUT2D eigenvalue weighted by Gasteiger charge is 2.07. The van der Waals surface area contributed by atoms with E-state index in [2.05, 4.69) is 101 Å². The maximum absolute atomic E-state index is 8.26. The standard InChI is InChI=1S/C33H42N2/c1-23(2)18-32(34)30-14-10-26(11-15-30)6-8-28-20-25(5)21-29(22-28)9-7-27-12-16-31(17-13-27)33(35)19-24(3)4/h10-17,20-24,34-35H,6-9,18-19H2,1-5H3. The fraction of sp³-hybridized carbons (Fsp3) is 0.394. The summed E-state index contributed by atoms with van der Waals surface area (Å²) >= 11 is 0. The second-order valence-electron chi connectivity index (χ2n) is 10.9. The highest BCUT2D eigenvalue weighted by Crippen LogP contribution is 2.17. The van der Waals surface area contributed by atoms with Gasteiger partial charge in [0.1, 0.15) is 0 Å². The maximum Gasteiger partial charge on any atom is 0.0388 e. The zero-order chi connectivity index (χ0) is 25.4. The van der Waals surface area contributed by atoms with Crippen molar-refractivity contribution >= 4 is 11.4 Å². The van der Waals surface area contributed by atoms with E-state index in [9.17, 15) is 0 Å². The first-order valence-corrected chi connectivity index (χ1v) is 13.1. The second-order valence-corrected chi connectivity index (χ2v) is 10.9. The summed E-state index contributed by atoms with van der Waals surface area (Å²) in [4.78, 5) is 0. The van der Waals surface area contributed by atoms with Gasteiger partial charge in [0.2, 0.25) is 0 Å². The van der Waals surface area contributed by atoms with Crippen LogP contribution < -0.4 is 0 Å². The molecule has 0 bridgehead atoms. The van der Waals surface area contributed by atoms with Gasteiger partial charge < -0.3 is 10.8 Å². The number of hydrogen-bond acceptors (Lipinski definition) is 2. The van der Waals surface area contributed by atoms with E-state index in [1.54, 1.807) is 0 Å². The van der Waals surface area contributed by atoms with Gasteiger partial charge >= 0.3 is 0 Å². The van der Waals surface area contributed by atoms with Crippen LogP contribution in [0, 0.1) is 29.6 Å². The Kier molecular flexibility index (Phi) is 9.60. The molecule has 0 unspecified atom stereocenters. The first-order valence-electron chi connectivity index (χ1n) is 13.1. The lowest BCUT2D eigenvalue weighted by atomic mass is 9.95. The van der Waals surface area contributed by atoms with Crippen LogP contribution in [-0.2, 0) is 25.7 Å². The highest BCUT2D eigenvalue weighted by molar-refractivity contribution is 5.98. The van der Waals surface area contributed by atoms with Gasteiger partial charge in [-0.15, -0.1) is 0 Å². The molecule has 3 rings (SSSR count). The van der Waals surface area contributed by atoms with Crippen molar-refractivity contribution in [1.29, 1.82) is 10.8 Å². The van der Waals surface area contributed by atoms with Crippen LogP contribution in [0.5, 0.6) is 0 Å². The molecule has 0 heterocycles. The van der Waals surface area contributed by atoms with E-state index in [1.165, 1.54) is 27.8 Å². The van der Waals surface area contributed by atoms with Crippen LogP contribution >= 0.6 is 0 Å². The van der Waals surface area contributed by atoms with Crippen molar-refractivity contribution in [3.63, 3.8) is 0 Å². The van der Waals surface area contributed by atoms with E-state index in [4.69, 9.17) is 10.8 Å². The van der Waals surface area contributed by atoms with E-state index < -0.39 is 0 Å². The molecule has 3 aromatic carbocycles. The molecule has 0 atom stereocenters. The van der Waals surface area contributed by atoms with Crippen molar-refractivity contribution in [3.8, 4) is 0 Å². The average Bonchev–Trinajstić information content (AvgIpc) is 2.81. The van der Waals surface area contributed by atoms with Gasteiger partial charge in [0, 0.05) is 11.4 Å². The molecule has 0 saturated carbocycles. The molecule has 0 fully saturated rings. The predicted molar refractivity (Wildman–Crippen MR) is 151 cm³/mol. The number of nitrogens with one attached hydrogen (secondary N) is 2. The lowest BCUT2D eigenvalue weighted by molar-refractivity contribution is 0.682. The third kappa shape index (κ3) is 8.62. The van der Waals surface area contributed by atoms with Crippen LogP contribution in [0.1, 0.15) is 79.5 Å². The van der Waals surface area contributed by atoms with E-state index in [-0.39, 0.29) is 0 Å². The molecule has 0 aliphatic rings. The second kappa shape index (κ2) is 12.6. The zero-order valence-electron chi connectivity index (χ0n) is 22.2. The van der Waals surface area contributed by atoms with E-state index in [1.807, 2.05) is 0 Å². The Labute approximate surface area is 212 Å². The van der Waals surface area contributed by atoms with Gasteiger partial charge in [0.15, 0.2) is 0 Å². The van der Waals surface area contributed by atoms with Crippen molar-refractivity contribution in [2.24, 2.45) is 11.8 Å². The predicted octanol–water partition coefficient (Wildman–Crippen LogP) is 8.39. The molecule has 2 nitrogen and oxygen atoms in total. The Morgan fingerprint density at radius 2 is 0.886 bits per heavy atom. The van der Waals surface area contributed by atoms with Crippen LogP contribution in [0.2, 0.25) is 0 Å². The molecule has 0 radical (unpaired) electrons. The van der Waals surface area contributed by atoms with Gasteiger partial charge in [-0.05, 0) is 90.7 Å². The smallest absolute Gasteiger partial charge is 0.0388 e. The fourth-order valence-electron chi connectivity index (χ4n) is 4.61. The lowest BCUT2D eigenvalue weighted by Crippen LogP contribution is -2.04. The Bertz CT molecular complexity index is 1030. The van der Waals surface area contributed by atoms with Crippen molar-refractivity contribution < 1.29 is 0 Å². The summed E-state index contributed by atoms with van der Waals surface area (Å²) in [6, 6.07) is 24.2. The molecule has 2 N–H and O–H groups in total. The summed E-state index contributed by atoms with van der Waals surface area (Å²) in [6.07, 6.45) is 5.76. The van der Waals surface area contributed by atoms with Crippen LogP contribution in [0.4, 0.5) is 0 Å². The minimum absolute atomic E-state index is 0.515. The lowest BCUT2D eigenvalue weighted by Gasteiger charge is -2.11. The number of aryl methyl sites for hydroxylation is 5. The Hall–Kier alpha value is -3.00. The Morgan fingerprint density at radius 3 is 1.23 bits per heavy atom. The van der Waals surface area contributed by atoms with Crippen molar-refractivity contribution in [3.05, 3.63) is 106 Å². The molecule has 0 aromatic heterocycles. The van der Waals surface area contributed by atoms with E-state index in [0.717, 1.165) is 61.1 Å². The zero-order valence-corrected chi connectivity index (χ0v) is 22.2. The van der Waals surface area contributed by atoms with E-state index in [0.29, 0.717) is 11.8 Å². The van der Waals surface area contributed by atoms with Gasteiger partial charge in [0.05, 0.1) is 0 Å². The quantitative estimate of drug-likeness (QED) is 0.252. The summed E-state index contributed by atoms with van der Waals surface area (Å²) in [6.45, 7) is 10.8. The SMILES string of the molecule is Cc1cc(CCc2ccc(C(=N)CC(C)C)cc2)cc(CCc2ccc(C(=N)CC(C)C)cc2)c1. The van der Waals surface area contributed by atoms with Crippen LogP contribution in [0.3, 0.4) is 0 Å². The van der Waals surface area contributed by atoms with E-state index >= 15 is 0 Å². The minimum atomic E-state index is 0.515. The average molecular weight is 467 g/mol. The summed E-state index contributed by atoms with van der Waals surface area (Å²) in [5.74, 6) is 1.03. The molecule has 0 saturated heterocycles. The van der Waals surface area contributed by atoms with Crippen molar-refractivity contribution in [2.75, 3.05) is 0 Å². The van der Waals surface area contributed by atoms with Gasteiger partial charge in [-0.25, -0.2) is 0 Å². The van der Waals surface area contributed by atoms with Gasteiger partial charge in [-0.3, -0.25) is 0 Å². The fourth-order valence-corrected chi connectivity index (χ4v) is 4.61. The molecule has 35 heavy (non-hydrogen) atoms. The topological polar surface area (TPSA) is 47.7 Å². The summed E-state index contributed by atoms with van der Waals surface area (Å²) in [5, 5.41) is 16.5. The van der Waals surface area contributed by atoms with Crippen LogP contribution in [0.15, 0.2) is 66.7 Å². The molecule has 184 valence electrons. The van der Waals surface area contributed by atoms with Gasteiger partial charge in [-0.2, -0.15) is 0 Å². The van der Waals surface area contributed by atoms with Crippen LogP contribution in [0.25, 0.3) is 0 Å². The normalized spacial score (nSPS) is 11.3. The number of rotatable bonds is 12. The molecule has 0 aliphatic carbocycles. The third-order valence-corrected chi connectivity index (χ3v) is 6.43. The molecule has 2 heteroatoms. The molecule has 0 spiro atoms. The summed E-state index contributed by atoms with van der Waals surface area (Å²) in [5.41, 5.74) is 10.3. The Balaban J connectivity index is 1.56. The van der Waals surface area contributed by atoms with Crippen molar-refractivity contribution in [1.82, 2.24) is 0 Å². The Morgan fingerprint density at radius 1 is 0.543 bits per heavy atom. The molecule has 3 aromatic rings. The number of hydrogen-bond donors (Lipinski definition) is 2. The number of benzene rings is 3. The minimum Gasteiger partial charge on any atom is -0.305 e. The summed E-state index contributed by atoms with van der Waals surface area (Å²) < 4.78 is 0. The monoisotopic (exact) mass is 466 g/mol. The first-order chi connectivity index (χ1) is 16.7. The molecular formula is C33H42N2. The molecule has 0 aliphatic heterocycles. The van der Waals surface area contributed by atoms with Gasteiger partial charge in [0.25, 0.3) is 0 Å². The molecular weight excluding hydrogens is 424 g/mol.